The van der Waals surface area contributed by atoms with Crippen LogP contribution in [0.25, 0.3) is 10.6 Å². The highest BCUT2D eigenvalue weighted by Crippen LogP contribution is 2.33. The third-order valence-electron chi connectivity index (χ3n) is 4.03. The van der Waals surface area contributed by atoms with E-state index in [4.69, 9.17) is 4.52 Å². The minimum atomic E-state index is -3.62. The van der Waals surface area contributed by atoms with Crippen molar-refractivity contribution in [2.45, 2.75) is 29.1 Å². The van der Waals surface area contributed by atoms with Gasteiger partial charge in [-0.1, -0.05) is 5.16 Å². The van der Waals surface area contributed by atoms with Gasteiger partial charge in [0.1, 0.15) is 4.21 Å². The zero-order valence-electron chi connectivity index (χ0n) is 12.4. The standard InChI is InChI=1S/C14H18N2O5S2/c17-10-14(18)5-1-8-16(9-6-14)23(19,20)13-3-2-12(22-13)11-4-7-15-21-11/h2-4,7,17-18H,1,5-6,8-10H2/t14-/m0/s1. The molecule has 1 aliphatic heterocycles. The van der Waals surface area contributed by atoms with Crippen molar-refractivity contribution in [3.8, 4) is 10.6 Å². The van der Waals surface area contributed by atoms with Gasteiger partial charge in [0, 0.05) is 19.2 Å². The van der Waals surface area contributed by atoms with Crippen LogP contribution in [0.15, 0.2) is 33.1 Å². The number of aliphatic hydroxyl groups is 2. The first-order valence-electron chi connectivity index (χ1n) is 7.29. The summed E-state index contributed by atoms with van der Waals surface area (Å²) in [6, 6.07) is 4.93. The summed E-state index contributed by atoms with van der Waals surface area (Å²) in [5.74, 6) is 0.530. The predicted octanol–water partition coefficient (Wildman–Crippen LogP) is 1.30. The number of rotatable bonds is 4. The molecule has 0 radical (unpaired) electrons. The second-order valence-corrected chi connectivity index (χ2v) is 8.88. The van der Waals surface area contributed by atoms with Crippen LogP contribution in [0.2, 0.25) is 0 Å². The van der Waals surface area contributed by atoms with E-state index in [1.165, 1.54) is 10.5 Å². The molecule has 0 aromatic carbocycles. The highest BCUT2D eigenvalue weighted by atomic mass is 32.2. The fraction of sp³-hybridized carbons (Fsp3) is 0.500. The molecule has 1 fully saturated rings. The first-order chi connectivity index (χ1) is 10.9. The van der Waals surface area contributed by atoms with Crippen molar-refractivity contribution < 1.29 is 23.2 Å². The molecule has 0 spiro atoms. The zero-order chi connectivity index (χ0) is 16.5. The molecule has 7 nitrogen and oxygen atoms in total. The van der Waals surface area contributed by atoms with Gasteiger partial charge in [0.05, 0.1) is 23.3 Å². The molecular formula is C14H18N2O5S2. The number of thiophene rings is 1. The molecule has 0 unspecified atom stereocenters. The summed E-state index contributed by atoms with van der Waals surface area (Å²) < 4.78 is 32.2. The van der Waals surface area contributed by atoms with Crippen LogP contribution in [0.3, 0.4) is 0 Å². The molecule has 2 aromatic heterocycles. The number of hydrogen-bond donors (Lipinski definition) is 2. The van der Waals surface area contributed by atoms with Gasteiger partial charge in [-0.15, -0.1) is 11.3 Å². The number of nitrogens with zero attached hydrogens (tertiary/aromatic N) is 2. The Balaban J connectivity index is 1.81. The third-order valence-corrected chi connectivity index (χ3v) is 7.49. The summed E-state index contributed by atoms with van der Waals surface area (Å²) in [6.07, 6.45) is 2.64. The second-order valence-electron chi connectivity index (χ2n) is 5.64. The summed E-state index contributed by atoms with van der Waals surface area (Å²) in [5.41, 5.74) is -1.19. The molecule has 0 bridgehead atoms. The molecule has 9 heteroatoms. The topological polar surface area (TPSA) is 104 Å². The molecule has 3 heterocycles. The molecular weight excluding hydrogens is 340 g/mol. The van der Waals surface area contributed by atoms with E-state index in [-0.39, 0.29) is 23.8 Å². The van der Waals surface area contributed by atoms with Crippen LogP contribution < -0.4 is 0 Å². The van der Waals surface area contributed by atoms with E-state index in [1.807, 2.05) is 0 Å². The second kappa shape index (κ2) is 6.33. The van der Waals surface area contributed by atoms with E-state index < -0.39 is 15.6 Å². The third kappa shape index (κ3) is 3.33. The Morgan fingerprint density at radius 2 is 2.13 bits per heavy atom. The van der Waals surface area contributed by atoms with E-state index in [0.717, 1.165) is 11.3 Å². The van der Waals surface area contributed by atoms with E-state index in [9.17, 15) is 18.6 Å². The highest BCUT2D eigenvalue weighted by Gasteiger charge is 2.34. The lowest BCUT2D eigenvalue weighted by molar-refractivity contribution is -0.0243. The zero-order valence-corrected chi connectivity index (χ0v) is 14.0. The Kier molecular flexibility index (Phi) is 4.56. The predicted molar refractivity (Wildman–Crippen MR) is 84.5 cm³/mol. The van der Waals surface area contributed by atoms with Crippen molar-refractivity contribution in [2.75, 3.05) is 19.7 Å². The van der Waals surface area contributed by atoms with Crippen LogP contribution in [0, 0.1) is 0 Å². The summed E-state index contributed by atoms with van der Waals surface area (Å²) in [7, 11) is -3.62. The molecule has 0 aliphatic carbocycles. The van der Waals surface area contributed by atoms with Gasteiger partial charge in [0.2, 0.25) is 0 Å². The molecule has 0 saturated carbocycles. The van der Waals surface area contributed by atoms with Crippen molar-refractivity contribution in [2.24, 2.45) is 0 Å². The lowest BCUT2D eigenvalue weighted by atomic mass is 9.96. The van der Waals surface area contributed by atoms with Gasteiger partial charge >= 0.3 is 0 Å². The summed E-state index contributed by atoms with van der Waals surface area (Å²) >= 11 is 1.13. The van der Waals surface area contributed by atoms with E-state index in [1.54, 1.807) is 18.2 Å². The lowest BCUT2D eigenvalue weighted by Crippen LogP contribution is -2.36. The molecule has 1 saturated heterocycles. The van der Waals surface area contributed by atoms with Gasteiger partial charge < -0.3 is 14.7 Å². The van der Waals surface area contributed by atoms with Gasteiger partial charge in [0.15, 0.2) is 5.76 Å². The molecule has 0 amide bonds. The van der Waals surface area contributed by atoms with Crippen molar-refractivity contribution in [3.63, 3.8) is 0 Å². The van der Waals surface area contributed by atoms with Crippen LogP contribution in [-0.2, 0) is 10.0 Å². The van der Waals surface area contributed by atoms with E-state index in [0.29, 0.717) is 30.0 Å². The minimum Gasteiger partial charge on any atom is -0.393 e. The Bertz CT molecular complexity index is 756. The maximum absolute atomic E-state index is 12.8. The average Bonchev–Trinajstić information content (AvgIpc) is 3.17. The van der Waals surface area contributed by atoms with Crippen LogP contribution in [-0.4, -0.2) is 53.4 Å². The monoisotopic (exact) mass is 358 g/mol. The normalized spacial score (nSPS) is 23.7. The maximum atomic E-state index is 12.8. The first-order valence-corrected chi connectivity index (χ1v) is 9.55. The summed E-state index contributed by atoms with van der Waals surface area (Å²) in [5, 5.41) is 23.0. The molecule has 23 heavy (non-hydrogen) atoms. The Morgan fingerprint density at radius 3 is 2.83 bits per heavy atom. The highest BCUT2D eigenvalue weighted by molar-refractivity contribution is 7.91. The Hall–Kier alpha value is -1.26. The molecule has 2 N–H and O–H groups in total. The molecule has 126 valence electrons. The van der Waals surface area contributed by atoms with E-state index in [2.05, 4.69) is 5.16 Å². The molecule has 3 rings (SSSR count). The quantitative estimate of drug-likeness (QED) is 0.854. The van der Waals surface area contributed by atoms with Crippen molar-refractivity contribution in [3.05, 3.63) is 24.4 Å². The summed E-state index contributed by atoms with van der Waals surface area (Å²) in [6.45, 7) is 0.171. The number of aromatic nitrogens is 1. The Labute approximate surface area is 138 Å². The van der Waals surface area contributed by atoms with Crippen molar-refractivity contribution in [1.29, 1.82) is 0 Å². The van der Waals surface area contributed by atoms with Crippen LogP contribution in [0.5, 0.6) is 0 Å². The number of sulfonamides is 1. The fourth-order valence-corrected chi connectivity index (χ4v) is 5.51. The largest absolute Gasteiger partial charge is 0.393 e. The molecule has 2 aromatic rings. The maximum Gasteiger partial charge on any atom is 0.252 e. The smallest absolute Gasteiger partial charge is 0.252 e. The van der Waals surface area contributed by atoms with Gasteiger partial charge in [-0.3, -0.25) is 0 Å². The van der Waals surface area contributed by atoms with Crippen molar-refractivity contribution in [1.82, 2.24) is 9.46 Å². The van der Waals surface area contributed by atoms with Crippen LogP contribution >= 0.6 is 11.3 Å². The molecule has 1 atom stereocenters. The van der Waals surface area contributed by atoms with E-state index >= 15 is 0 Å². The molecule has 1 aliphatic rings. The van der Waals surface area contributed by atoms with Crippen LogP contribution in [0.4, 0.5) is 0 Å². The van der Waals surface area contributed by atoms with Crippen LogP contribution in [0.1, 0.15) is 19.3 Å². The van der Waals surface area contributed by atoms with Gasteiger partial charge in [-0.2, -0.15) is 4.31 Å². The minimum absolute atomic E-state index is 0.189. The van der Waals surface area contributed by atoms with Gasteiger partial charge in [-0.25, -0.2) is 8.42 Å². The van der Waals surface area contributed by atoms with Crippen molar-refractivity contribution >= 4 is 21.4 Å². The first kappa shape index (κ1) is 16.6. The fourth-order valence-electron chi connectivity index (χ4n) is 2.61. The van der Waals surface area contributed by atoms with Gasteiger partial charge in [-0.05, 0) is 31.4 Å². The number of hydrogen-bond acceptors (Lipinski definition) is 7. The SMILES string of the molecule is O=S(=O)(c1ccc(-c2ccno2)s1)N1CCC[C@@](O)(CO)CC1. The lowest BCUT2D eigenvalue weighted by Gasteiger charge is -2.24. The average molecular weight is 358 g/mol. The summed E-state index contributed by atoms with van der Waals surface area (Å²) in [4.78, 5) is 0.697. The Morgan fingerprint density at radius 1 is 1.30 bits per heavy atom. The number of aliphatic hydroxyl groups excluding tert-OH is 1. The van der Waals surface area contributed by atoms with Gasteiger partial charge in [0.25, 0.3) is 10.0 Å².